The normalized spacial score (nSPS) is 15.7. The Morgan fingerprint density at radius 3 is 2.59 bits per heavy atom. The molecule has 3 heterocycles. The first kappa shape index (κ1) is 21.6. The number of hydrogen-bond acceptors (Lipinski definition) is 5. The SMILES string of the molecule is COc1nc(-c2cccc(-c3cccc4c(I)[nH]nc34)c2Cl)ccc1CN1CC(C)(O)C1. The predicted molar refractivity (Wildman–Crippen MR) is 135 cm³/mol. The van der Waals surface area contributed by atoms with Gasteiger partial charge in [0.25, 0.3) is 0 Å². The smallest absolute Gasteiger partial charge is 0.218 e. The van der Waals surface area contributed by atoms with Gasteiger partial charge in [0.1, 0.15) is 9.22 Å². The molecule has 2 aromatic heterocycles. The zero-order chi connectivity index (χ0) is 22.5. The molecular formula is C24H22ClIN4O2. The number of para-hydroxylation sites is 1. The highest BCUT2D eigenvalue weighted by molar-refractivity contribution is 14.1. The van der Waals surface area contributed by atoms with Crippen LogP contribution in [0.25, 0.3) is 33.3 Å². The van der Waals surface area contributed by atoms with Gasteiger partial charge < -0.3 is 9.84 Å². The fraction of sp³-hybridized carbons (Fsp3) is 0.250. The van der Waals surface area contributed by atoms with Crippen molar-refractivity contribution in [3.8, 4) is 28.3 Å². The van der Waals surface area contributed by atoms with Gasteiger partial charge in [-0.25, -0.2) is 4.98 Å². The molecule has 0 spiro atoms. The highest BCUT2D eigenvalue weighted by Crippen LogP contribution is 2.39. The lowest BCUT2D eigenvalue weighted by Crippen LogP contribution is -2.59. The lowest BCUT2D eigenvalue weighted by molar-refractivity contribution is -0.0873. The second-order valence-corrected chi connectivity index (χ2v) is 9.87. The van der Waals surface area contributed by atoms with E-state index < -0.39 is 5.60 Å². The third-order valence-electron chi connectivity index (χ3n) is 5.76. The first-order valence-electron chi connectivity index (χ1n) is 10.3. The average molecular weight is 561 g/mol. The Hall–Kier alpha value is -2.20. The van der Waals surface area contributed by atoms with Gasteiger partial charge in [0.2, 0.25) is 5.88 Å². The Labute approximate surface area is 204 Å². The monoisotopic (exact) mass is 560 g/mol. The number of fused-ring (bicyclic) bond motifs is 1. The van der Waals surface area contributed by atoms with Gasteiger partial charge in [-0.15, -0.1) is 0 Å². The number of aliphatic hydroxyl groups is 1. The van der Waals surface area contributed by atoms with E-state index in [1.807, 2.05) is 55.5 Å². The van der Waals surface area contributed by atoms with Gasteiger partial charge in [-0.2, -0.15) is 5.10 Å². The first-order chi connectivity index (χ1) is 15.4. The second-order valence-electron chi connectivity index (χ2n) is 8.41. The molecule has 0 aliphatic carbocycles. The summed E-state index contributed by atoms with van der Waals surface area (Å²) >= 11 is 9.16. The van der Waals surface area contributed by atoms with Gasteiger partial charge in [-0.3, -0.25) is 10.00 Å². The molecule has 0 radical (unpaired) electrons. The molecule has 6 nitrogen and oxygen atoms in total. The average Bonchev–Trinajstić information content (AvgIpc) is 3.14. The molecule has 1 saturated heterocycles. The number of aromatic nitrogens is 3. The van der Waals surface area contributed by atoms with Gasteiger partial charge in [-0.1, -0.05) is 54.1 Å². The first-order valence-corrected chi connectivity index (χ1v) is 11.7. The van der Waals surface area contributed by atoms with Gasteiger partial charge >= 0.3 is 0 Å². The Morgan fingerprint density at radius 2 is 1.84 bits per heavy atom. The summed E-state index contributed by atoms with van der Waals surface area (Å²) in [5.41, 5.74) is 4.73. The molecule has 2 N–H and O–H groups in total. The Morgan fingerprint density at radius 1 is 1.12 bits per heavy atom. The van der Waals surface area contributed by atoms with E-state index in [0.29, 0.717) is 30.5 Å². The standard InChI is InChI=1S/C24H22ClIN4O2/c1-24(31)12-30(13-24)11-14-9-10-19(27-23(14)32-2)17-7-3-5-15(20(17)25)16-6-4-8-18-21(16)28-29-22(18)26/h3-10,31H,11-13H2,1-2H3,(H,28,29). The molecule has 1 aliphatic rings. The highest BCUT2D eigenvalue weighted by atomic mass is 127. The molecule has 0 atom stereocenters. The van der Waals surface area contributed by atoms with Crippen LogP contribution < -0.4 is 4.74 Å². The fourth-order valence-electron chi connectivity index (χ4n) is 4.35. The minimum atomic E-state index is -0.607. The van der Waals surface area contributed by atoms with Crippen LogP contribution in [0.4, 0.5) is 0 Å². The molecule has 32 heavy (non-hydrogen) atoms. The number of β-amino-alcohol motifs (C(OH)–C–C–N with tert-alkyl or cyclic N) is 1. The number of aromatic amines is 1. The van der Waals surface area contributed by atoms with E-state index in [2.05, 4.69) is 37.7 Å². The lowest BCUT2D eigenvalue weighted by Gasteiger charge is -2.44. The quantitative estimate of drug-likeness (QED) is 0.331. The summed E-state index contributed by atoms with van der Waals surface area (Å²) in [6.07, 6.45) is 0. The summed E-state index contributed by atoms with van der Waals surface area (Å²) < 4.78 is 6.58. The molecule has 0 saturated carbocycles. The van der Waals surface area contributed by atoms with Gasteiger partial charge in [0.05, 0.1) is 23.4 Å². The van der Waals surface area contributed by atoms with E-state index in [9.17, 15) is 5.11 Å². The summed E-state index contributed by atoms with van der Waals surface area (Å²) in [7, 11) is 1.62. The largest absolute Gasteiger partial charge is 0.481 e. The number of methoxy groups -OCH3 is 1. The van der Waals surface area contributed by atoms with Crippen LogP contribution in [-0.4, -0.2) is 51.0 Å². The number of nitrogens with one attached hydrogen (secondary N) is 1. The van der Waals surface area contributed by atoms with Crippen LogP contribution in [0.3, 0.4) is 0 Å². The molecule has 164 valence electrons. The van der Waals surface area contributed by atoms with Crippen molar-refractivity contribution < 1.29 is 9.84 Å². The number of nitrogens with zero attached hydrogens (tertiary/aromatic N) is 3. The minimum absolute atomic E-state index is 0.569. The number of halogens is 2. The van der Waals surface area contributed by atoms with Gasteiger partial charge in [0, 0.05) is 47.3 Å². The van der Waals surface area contributed by atoms with Crippen molar-refractivity contribution >= 4 is 45.1 Å². The van der Waals surface area contributed by atoms with Crippen LogP contribution >= 0.6 is 34.2 Å². The molecule has 2 aromatic carbocycles. The van der Waals surface area contributed by atoms with Crippen LogP contribution in [0.5, 0.6) is 5.88 Å². The van der Waals surface area contributed by atoms with Crippen LogP contribution in [-0.2, 0) is 6.54 Å². The van der Waals surface area contributed by atoms with Crippen molar-refractivity contribution in [3.63, 3.8) is 0 Å². The van der Waals surface area contributed by atoms with E-state index in [4.69, 9.17) is 21.3 Å². The number of ether oxygens (including phenoxy) is 1. The molecule has 0 amide bonds. The zero-order valence-corrected chi connectivity index (χ0v) is 20.6. The Kier molecular flexibility index (Phi) is 5.61. The number of hydrogen-bond donors (Lipinski definition) is 2. The summed E-state index contributed by atoms with van der Waals surface area (Å²) in [5, 5.41) is 19.2. The molecule has 4 aromatic rings. The van der Waals surface area contributed by atoms with Crippen molar-refractivity contribution in [1.29, 1.82) is 0 Å². The van der Waals surface area contributed by atoms with E-state index in [1.165, 1.54) is 0 Å². The summed E-state index contributed by atoms with van der Waals surface area (Å²) in [5.74, 6) is 0.569. The van der Waals surface area contributed by atoms with Crippen molar-refractivity contribution in [1.82, 2.24) is 20.1 Å². The molecule has 5 rings (SSSR count). The molecule has 0 bridgehead atoms. The summed E-state index contributed by atoms with van der Waals surface area (Å²) in [6, 6.07) is 16.0. The fourth-order valence-corrected chi connectivity index (χ4v) is 5.23. The van der Waals surface area contributed by atoms with E-state index >= 15 is 0 Å². The third-order valence-corrected chi connectivity index (χ3v) is 6.99. The second kappa shape index (κ2) is 8.30. The van der Waals surface area contributed by atoms with Gasteiger partial charge in [0.15, 0.2) is 0 Å². The lowest BCUT2D eigenvalue weighted by atomic mass is 9.96. The summed E-state index contributed by atoms with van der Waals surface area (Å²) in [4.78, 5) is 6.92. The van der Waals surface area contributed by atoms with Crippen LogP contribution in [0.1, 0.15) is 12.5 Å². The topological polar surface area (TPSA) is 74.3 Å². The maximum Gasteiger partial charge on any atom is 0.218 e. The number of benzene rings is 2. The van der Waals surface area contributed by atoms with E-state index in [-0.39, 0.29) is 0 Å². The molecule has 1 fully saturated rings. The molecule has 8 heteroatoms. The van der Waals surface area contributed by atoms with Crippen molar-refractivity contribution in [2.24, 2.45) is 0 Å². The molecular weight excluding hydrogens is 539 g/mol. The molecule has 0 unspecified atom stereocenters. The zero-order valence-electron chi connectivity index (χ0n) is 17.7. The van der Waals surface area contributed by atoms with Crippen molar-refractivity contribution in [2.75, 3.05) is 20.2 Å². The molecule has 1 aliphatic heterocycles. The predicted octanol–water partition coefficient (Wildman–Crippen LogP) is 5.13. The van der Waals surface area contributed by atoms with Crippen LogP contribution in [0.2, 0.25) is 5.02 Å². The maximum absolute atomic E-state index is 9.99. The van der Waals surface area contributed by atoms with Crippen molar-refractivity contribution in [2.45, 2.75) is 19.1 Å². The van der Waals surface area contributed by atoms with Crippen LogP contribution in [0.15, 0.2) is 48.5 Å². The Bertz CT molecular complexity index is 1310. The Balaban J connectivity index is 1.52. The number of H-pyrrole nitrogens is 1. The third kappa shape index (κ3) is 3.87. The van der Waals surface area contributed by atoms with E-state index in [0.717, 1.165) is 42.6 Å². The van der Waals surface area contributed by atoms with Crippen molar-refractivity contribution in [3.05, 3.63) is 62.8 Å². The number of rotatable bonds is 5. The number of likely N-dealkylation sites (tertiary alicyclic amines) is 1. The maximum atomic E-state index is 9.99. The van der Waals surface area contributed by atoms with E-state index in [1.54, 1.807) is 7.11 Å². The minimum Gasteiger partial charge on any atom is -0.481 e. The van der Waals surface area contributed by atoms with Gasteiger partial charge in [-0.05, 0) is 35.6 Å². The number of pyridine rings is 1. The highest BCUT2D eigenvalue weighted by Gasteiger charge is 2.36. The summed E-state index contributed by atoms with van der Waals surface area (Å²) in [6.45, 7) is 3.81. The van der Waals surface area contributed by atoms with Crippen LogP contribution in [0, 0.1) is 3.70 Å².